The molecule has 0 saturated carbocycles. The van der Waals surface area contributed by atoms with Crippen molar-refractivity contribution in [2.75, 3.05) is 26.0 Å². The van der Waals surface area contributed by atoms with Gasteiger partial charge in [0.2, 0.25) is 0 Å². The number of para-hydroxylation sites is 2. The van der Waals surface area contributed by atoms with Gasteiger partial charge in [-0.15, -0.1) is 0 Å². The van der Waals surface area contributed by atoms with Crippen LogP contribution < -0.4 is 10.1 Å². The Kier molecular flexibility index (Phi) is 5.17. The van der Waals surface area contributed by atoms with Crippen LogP contribution in [-0.4, -0.2) is 42.7 Å². The summed E-state index contributed by atoms with van der Waals surface area (Å²) in [7, 11) is 3.06. The van der Waals surface area contributed by atoms with Crippen LogP contribution in [0, 0.1) is 5.92 Å². The summed E-state index contributed by atoms with van der Waals surface area (Å²) in [6.07, 6.45) is 0. The zero-order valence-corrected chi connectivity index (χ0v) is 11.2. The normalized spacial score (nSPS) is 11.5. The number of benzene rings is 1. The Morgan fingerprint density at radius 1 is 1.42 bits per heavy atom. The number of ether oxygens (including phenoxy) is 1. The van der Waals surface area contributed by atoms with E-state index in [1.54, 1.807) is 38.2 Å². The van der Waals surface area contributed by atoms with Gasteiger partial charge in [0.15, 0.2) is 0 Å². The maximum absolute atomic E-state index is 11.9. The largest absolute Gasteiger partial charge is 0.495 e. The van der Waals surface area contributed by atoms with Crippen LogP contribution in [0.4, 0.5) is 10.5 Å². The Morgan fingerprint density at radius 2 is 2.05 bits per heavy atom. The van der Waals surface area contributed by atoms with Crippen LogP contribution in [0.2, 0.25) is 0 Å². The van der Waals surface area contributed by atoms with Crippen molar-refractivity contribution in [1.82, 2.24) is 4.90 Å². The number of carboxylic acids is 1. The van der Waals surface area contributed by atoms with Crippen molar-refractivity contribution in [3.05, 3.63) is 24.3 Å². The number of hydrogen-bond acceptors (Lipinski definition) is 3. The lowest BCUT2D eigenvalue weighted by Crippen LogP contribution is -2.36. The molecule has 1 atom stereocenters. The molecule has 0 radical (unpaired) electrons. The molecule has 0 aliphatic carbocycles. The second-order valence-electron chi connectivity index (χ2n) is 4.25. The zero-order valence-electron chi connectivity index (χ0n) is 11.2. The number of nitrogens with zero attached hydrogens (tertiary/aromatic N) is 1. The van der Waals surface area contributed by atoms with E-state index in [1.165, 1.54) is 12.0 Å². The van der Waals surface area contributed by atoms with E-state index in [1.807, 2.05) is 0 Å². The first-order chi connectivity index (χ1) is 8.95. The van der Waals surface area contributed by atoms with Gasteiger partial charge in [-0.2, -0.15) is 0 Å². The summed E-state index contributed by atoms with van der Waals surface area (Å²) in [5, 5.41) is 11.5. The van der Waals surface area contributed by atoms with Crippen LogP contribution in [0.1, 0.15) is 6.92 Å². The van der Waals surface area contributed by atoms with Crippen molar-refractivity contribution in [2.45, 2.75) is 6.92 Å². The topological polar surface area (TPSA) is 78.9 Å². The number of amides is 2. The van der Waals surface area contributed by atoms with Gasteiger partial charge in [-0.05, 0) is 12.1 Å². The average Bonchev–Trinajstić information content (AvgIpc) is 2.38. The number of nitrogens with one attached hydrogen (secondary N) is 1. The van der Waals surface area contributed by atoms with Crippen molar-refractivity contribution in [3.63, 3.8) is 0 Å². The van der Waals surface area contributed by atoms with Gasteiger partial charge in [0.05, 0.1) is 18.7 Å². The highest BCUT2D eigenvalue weighted by atomic mass is 16.5. The number of hydrogen-bond donors (Lipinski definition) is 2. The highest BCUT2D eigenvalue weighted by molar-refractivity contribution is 5.91. The van der Waals surface area contributed by atoms with Gasteiger partial charge in [0.25, 0.3) is 0 Å². The summed E-state index contributed by atoms with van der Waals surface area (Å²) in [5.41, 5.74) is 0.546. The van der Waals surface area contributed by atoms with E-state index >= 15 is 0 Å². The van der Waals surface area contributed by atoms with Crippen molar-refractivity contribution < 1.29 is 19.4 Å². The lowest BCUT2D eigenvalue weighted by molar-refractivity contribution is -0.141. The average molecular weight is 266 g/mol. The molecule has 0 bridgehead atoms. The summed E-state index contributed by atoms with van der Waals surface area (Å²) >= 11 is 0. The molecule has 6 nitrogen and oxygen atoms in total. The van der Waals surface area contributed by atoms with E-state index in [-0.39, 0.29) is 12.6 Å². The van der Waals surface area contributed by atoms with Gasteiger partial charge in [0, 0.05) is 13.6 Å². The number of rotatable bonds is 5. The first-order valence-corrected chi connectivity index (χ1v) is 5.83. The van der Waals surface area contributed by atoms with Gasteiger partial charge in [-0.25, -0.2) is 4.79 Å². The highest BCUT2D eigenvalue weighted by Crippen LogP contribution is 2.23. The minimum atomic E-state index is -0.933. The lowest BCUT2D eigenvalue weighted by Gasteiger charge is -2.20. The van der Waals surface area contributed by atoms with Gasteiger partial charge in [-0.1, -0.05) is 19.1 Å². The molecule has 0 fully saturated rings. The van der Waals surface area contributed by atoms with Crippen molar-refractivity contribution in [2.24, 2.45) is 5.92 Å². The predicted octanol–water partition coefficient (Wildman–Crippen LogP) is 1.88. The van der Waals surface area contributed by atoms with Crippen LogP contribution in [0.3, 0.4) is 0 Å². The van der Waals surface area contributed by atoms with Crippen LogP contribution in [0.25, 0.3) is 0 Å². The summed E-state index contributed by atoms with van der Waals surface area (Å²) in [6, 6.07) is 6.64. The maximum Gasteiger partial charge on any atom is 0.321 e. The summed E-state index contributed by atoms with van der Waals surface area (Å²) in [6.45, 7) is 1.69. The Hall–Kier alpha value is -2.24. The molecule has 0 aromatic heterocycles. The number of urea groups is 1. The number of carboxylic acid groups (broad SMARTS) is 1. The minimum absolute atomic E-state index is 0.135. The van der Waals surface area contributed by atoms with Crippen LogP contribution >= 0.6 is 0 Å². The smallest absolute Gasteiger partial charge is 0.321 e. The van der Waals surface area contributed by atoms with E-state index in [9.17, 15) is 9.59 Å². The molecule has 1 unspecified atom stereocenters. The molecule has 19 heavy (non-hydrogen) atoms. The number of carbonyl (C=O) groups excluding carboxylic acids is 1. The van der Waals surface area contributed by atoms with E-state index in [2.05, 4.69) is 5.32 Å². The summed E-state index contributed by atoms with van der Waals surface area (Å²) in [5.74, 6) is -0.999. The van der Waals surface area contributed by atoms with Gasteiger partial charge < -0.3 is 20.1 Å². The Balaban J connectivity index is 2.66. The molecule has 2 N–H and O–H groups in total. The minimum Gasteiger partial charge on any atom is -0.495 e. The predicted molar refractivity (Wildman–Crippen MR) is 71.4 cm³/mol. The van der Waals surface area contributed by atoms with Crippen LogP contribution in [-0.2, 0) is 4.79 Å². The molecule has 2 amide bonds. The molecule has 0 aliphatic rings. The fraction of sp³-hybridized carbons (Fsp3) is 0.385. The van der Waals surface area contributed by atoms with Crippen LogP contribution in [0.15, 0.2) is 24.3 Å². The molecule has 0 saturated heterocycles. The van der Waals surface area contributed by atoms with Crippen LogP contribution in [0.5, 0.6) is 5.75 Å². The number of aliphatic carboxylic acids is 1. The molecular weight excluding hydrogens is 248 g/mol. The number of anilines is 1. The molecule has 1 rings (SSSR count). The fourth-order valence-electron chi connectivity index (χ4n) is 1.53. The molecular formula is C13H18N2O4. The van der Waals surface area contributed by atoms with E-state index in [0.717, 1.165) is 0 Å². The van der Waals surface area contributed by atoms with Crippen molar-refractivity contribution in [1.29, 1.82) is 0 Å². The maximum atomic E-state index is 11.9. The SMILES string of the molecule is COc1ccccc1NC(=O)N(C)CC(C)C(=O)O. The second-order valence-corrected chi connectivity index (χ2v) is 4.25. The molecule has 1 aromatic carbocycles. The van der Waals surface area contributed by atoms with Crippen molar-refractivity contribution in [3.8, 4) is 5.75 Å². The fourth-order valence-corrected chi connectivity index (χ4v) is 1.53. The first kappa shape index (κ1) is 14.8. The second kappa shape index (κ2) is 6.63. The van der Waals surface area contributed by atoms with E-state index < -0.39 is 11.9 Å². The Labute approximate surface area is 112 Å². The Bertz CT molecular complexity index is 462. The lowest BCUT2D eigenvalue weighted by atomic mass is 10.2. The molecule has 6 heteroatoms. The highest BCUT2D eigenvalue weighted by Gasteiger charge is 2.18. The standard InChI is InChI=1S/C13H18N2O4/c1-9(12(16)17)8-15(2)13(18)14-10-6-4-5-7-11(10)19-3/h4-7,9H,8H2,1-3H3,(H,14,18)(H,16,17). The van der Waals surface area contributed by atoms with E-state index in [4.69, 9.17) is 9.84 Å². The Morgan fingerprint density at radius 3 is 2.63 bits per heavy atom. The summed E-state index contributed by atoms with van der Waals surface area (Å²) in [4.78, 5) is 24.0. The first-order valence-electron chi connectivity index (χ1n) is 5.83. The molecule has 0 aliphatic heterocycles. The van der Waals surface area contributed by atoms with E-state index in [0.29, 0.717) is 11.4 Å². The quantitative estimate of drug-likeness (QED) is 0.852. The molecule has 104 valence electrons. The third kappa shape index (κ3) is 4.17. The zero-order chi connectivity index (χ0) is 14.4. The van der Waals surface area contributed by atoms with Gasteiger partial charge in [0.1, 0.15) is 5.75 Å². The van der Waals surface area contributed by atoms with Crippen molar-refractivity contribution >= 4 is 17.7 Å². The molecule has 0 spiro atoms. The van der Waals surface area contributed by atoms with Gasteiger partial charge in [-0.3, -0.25) is 4.79 Å². The monoisotopic (exact) mass is 266 g/mol. The third-order valence-electron chi connectivity index (χ3n) is 2.66. The molecule has 1 aromatic rings. The number of methoxy groups -OCH3 is 1. The van der Waals surface area contributed by atoms with Gasteiger partial charge >= 0.3 is 12.0 Å². The third-order valence-corrected chi connectivity index (χ3v) is 2.66. The number of carbonyl (C=O) groups is 2. The summed E-state index contributed by atoms with van der Waals surface area (Å²) < 4.78 is 5.12. The molecule has 0 heterocycles.